The maximum absolute atomic E-state index is 3.97. The minimum Gasteiger partial charge on any atom is -0.332 e. The van der Waals surface area contributed by atoms with Gasteiger partial charge in [-0.05, 0) is 63.8 Å². The second kappa shape index (κ2) is 12.0. The van der Waals surface area contributed by atoms with Crippen molar-refractivity contribution in [3.05, 3.63) is 89.5 Å². The molecule has 0 radical (unpaired) electrons. The van der Waals surface area contributed by atoms with E-state index < -0.39 is 8.24 Å². The summed E-state index contributed by atoms with van der Waals surface area (Å²) in [5, 5.41) is 0. The van der Waals surface area contributed by atoms with Crippen molar-refractivity contribution in [1.82, 2.24) is 4.98 Å². The van der Waals surface area contributed by atoms with E-state index in [1.807, 2.05) is 38.2 Å². The fraction of sp³-hybridized carbons (Fsp3) is 0.357. The van der Waals surface area contributed by atoms with Crippen molar-refractivity contribution >= 4 is 14.3 Å². The first-order valence-electron chi connectivity index (χ1n) is 11.0. The Morgan fingerprint density at radius 2 is 1.45 bits per heavy atom. The summed E-state index contributed by atoms with van der Waals surface area (Å²) in [6.07, 6.45) is 10.4. The van der Waals surface area contributed by atoms with Gasteiger partial charge in [0.25, 0.3) is 0 Å². The van der Waals surface area contributed by atoms with Gasteiger partial charge < -0.3 is 4.98 Å². The van der Waals surface area contributed by atoms with Crippen LogP contribution in [0.1, 0.15) is 58.2 Å². The SMILES string of the molecule is CC1=Cc2c(-c3ccccc3)cccc2C1[Si](C)(C)NC(C)(C)C.CC=CC=CC.[Ti]. The molecule has 0 heterocycles. The third-order valence-electron chi connectivity index (χ3n) is 5.28. The molecule has 1 atom stereocenters. The van der Waals surface area contributed by atoms with E-state index in [1.165, 1.54) is 27.8 Å². The van der Waals surface area contributed by atoms with Crippen molar-refractivity contribution in [2.24, 2.45) is 0 Å². The summed E-state index contributed by atoms with van der Waals surface area (Å²) in [5.41, 5.74) is 7.77. The average Bonchev–Trinajstić information content (AvgIpc) is 3.02. The Kier molecular flexibility index (Phi) is 10.7. The Morgan fingerprint density at radius 1 is 0.871 bits per heavy atom. The number of rotatable bonds is 4. The standard InChI is InChI=1S/C22H29NSi.C6H10.Ti/c1-16-15-20-18(17-11-8-7-9-12-17)13-10-14-19(20)21(16)24(5,6)23-22(2,3)4;1-3-5-6-4-2;/h7-15,21,23H,1-6H3;3-6H,1-2H3;. The van der Waals surface area contributed by atoms with Gasteiger partial charge in [0.05, 0.1) is 0 Å². The molecule has 1 N–H and O–H groups in total. The molecule has 2 aromatic rings. The van der Waals surface area contributed by atoms with Crippen LogP contribution in [0.25, 0.3) is 17.2 Å². The summed E-state index contributed by atoms with van der Waals surface area (Å²) in [4.78, 5) is 3.97. The molecule has 0 saturated heterocycles. The van der Waals surface area contributed by atoms with E-state index in [2.05, 4.69) is 100 Å². The molecule has 1 unspecified atom stereocenters. The Bertz CT molecular complexity index is 908. The first-order valence-corrected chi connectivity index (χ1v) is 14.1. The van der Waals surface area contributed by atoms with Gasteiger partial charge in [0, 0.05) is 32.8 Å². The zero-order valence-electron chi connectivity index (χ0n) is 20.6. The second-order valence-corrected chi connectivity index (χ2v) is 13.9. The van der Waals surface area contributed by atoms with Crippen LogP contribution in [0.5, 0.6) is 0 Å². The molecular formula is C28H39NSiTi. The maximum atomic E-state index is 3.97. The molecule has 1 aliphatic carbocycles. The van der Waals surface area contributed by atoms with Crippen molar-refractivity contribution < 1.29 is 21.7 Å². The molecule has 31 heavy (non-hydrogen) atoms. The van der Waals surface area contributed by atoms with E-state index in [0.29, 0.717) is 5.54 Å². The zero-order chi connectivity index (χ0) is 22.4. The van der Waals surface area contributed by atoms with Crippen LogP contribution >= 0.6 is 0 Å². The Labute approximate surface area is 206 Å². The van der Waals surface area contributed by atoms with Gasteiger partial charge >= 0.3 is 0 Å². The largest absolute Gasteiger partial charge is 0.332 e. The van der Waals surface area contributed by atoms with E-state index in [1.54, 1.807) is 0 Å². The van der Waals surface area contributed by atoms with E-state index in [-0.39, 0.29) is 27.3 Å². The molecule has 0 aromatic heterocycles. The number of hydrogen-bond donors (Lipinski definition) is 1. The zero-order valence-corrected chi connectivity index (χ0v) is 23.1. The topological polar surface area (TPSA) is 12.0 Å². The van der Waals surface area contributed by atoms with Gasteiger partial charge in [-0.15, -0.1) is 0 Å². The molecule has 0 bridgehead atoms. The molecule has 3 rings (SSSR count). The number of nitrogens with one attached hydrogen (secondary N) is 1. The monoisotopic (exact) mass is 465 g/mol. The molecular weight excluding hydrogens is 426 g/mol. The van der Waals surface area contributed by atoms with Crippen LogP contribution < -0.4 is 4.98 Å². The summed E-state index contributed by atoms with van der Waals surface area (Å²) >= 11 is 0. The molecule has 0 saturated carbocycles. The van der Waals surface area contributed by atoms with Crippen LogP contribution in [-0.2, 0) is 21.7 Å². The Morgan fingerprint density at radius 3 is 1.97 bits per heavy atom. The summed E-state index contributed by atoms with van der Waals surface area (Å²) in [6, 6.07) is 17.6. The normalized spacial score (nSPS) is 15.9. The summed E-state index contributed by atoms with van der Waals surface area (Å²) in [5.74, 6) is 0. The van der Waals surface area contributed by atoms with Gasteiger partial charge in [-0.1, -0.05) is 97.6 Å². The van der Waals surface area contributed by atoms with Gasteiger partial charge in [0.1, 0.15) is 8.24 Å². The van der Waals surface area contributed by atoms with Crippen LogP contribution in [0.4, 0.5) is 0 Å². The van der Waals surface area contributed by atoms with Crippen molar-refractivity contribution in [2.75, 3.05) is 0 Å². The molecule has 2 aromatic carbocycles. The molecule has 1 nitrogen and oxygen atoms in total. The summed E-state index contributed by atoms with van der Waals surface area (Å²) < 4.78 is 0. The van der Waals surface area contributed by atoms with E-state index >= 15 is 0 Å². The molecule has 3 heteroatoms. The van der Waals surface area contributed by atoms with E-state index in [9.17, 15) is 0 Å². The fourth-order valence-corrected chi connectivity index (χ4v) is 8.97. The quantitative estimate of drug-likeness (QED) is 0.355. The van der Waals surface area contributed by atoms with Crippen molar-refractivity contribution in [1.29, 1.82) is 0 Å². The molecule has 0 spiro atoms. The van der Waals surface area contributed by atoms with Gasteiger partial charge in [-0.3, -0.25) is 0 Å². The summed E-state index contributed by atoms with van der Waals surface area (Å²) in [7, 11) is -1.66. The van der Waals surface area contributed by atoms with Crippen molar-refractivity contribution in [2.45, 2.75) is 65.7 Å². The second-order valence-electron chi connectivity index (χ2n) is 9.64. The predicted octanol–water partition coefficient (Wildman–Crippen LogP) is 8.12. The molecule has 0 fully saturated rings. The van der Waals surface area contributed by atoms with Crippen LogP contribution in [-0.4, -0.2) is 13.8 Å². The number of allylic oxidation sites excluding steroid dienone is 5. The van der Waals surface area contributed by atoms with E-state index in [4.69, 9.17) is 0 Å². The fourth-order valence-electron chi connectivity index (χ4n) is 4.64. The molecule has 164 valence electrons. The third kappa shape index (κ3) is 7.57. The summed E-state index contributed by atoms with van der Waals surface area (Å²) in [6.45, 7) is 18.1. The van der Waals surface area contributed by atoms with Crippen molar-refractivity contribution in [3.63, 3.8) is 0 Å². The van der Waals surface area contributed by atoms with Gasteiger partial charge in [-0.2, -0.15) is 0 Å². The predicted molar refractivity (Wildman–Crippen MR) is 138 cm³/mol. The Hall–Kier alpha value is -1.45. The Balaban J connectivity index is 0.000000607. The minimum absolute atomic E-state index is 0. The maximum Gasteiger partial charge on any atom is 0.131 e. The molecule has 0 amide bonds. The minimum atomic E-state index is -1.66. The van der Waals surface area contributed by atoms with Crippen LogP contribution in [0.3, 0.4) is 0 Å². The number of benzene rings is 2. The van der Waals surface area contributed by atoms with Crippen LogP contribution in [0.2, 0.25) is 13.1 Å². The smallest absolute Gasteiger partial charge is 0.131 e. The first kappa shape index (κ1) is 27.6. The first-order chi connectivity index (χ1) is 14.1. The molecule has 1 aliphatic rings. The average molecular weight is 466 g/mol. The van der Waals surface area contributed by atoms with Gasteiger partial charge in [-0.25, -0.2) is 0 Å². The van der Waals surface area contributed by atoms with Gasteiger partial charge in [0.15, 0.2) is 0 Å². The van der Waals surface area contributed by atoms with E-state index in [0.717, 1.165) is 0 Å². The van der Waals surface area contributed by atoms with Crippen molar-refractivity contribution in [3.8, 4) is 11.1 Å². The van der Waals surface area contributed by atoms with Crippen LogP contribution in [0.15, 0.2) is 78.4 Å². The van der Waals surface area contributed by atoms with Gasteiger partial charge in [0.2, 0.25) is 0 Å². The number of fused-ring (bicyclic) bond motifs is 1. The number of hydrogen-bond acceptors (Lipinski definition) is 1. The van der Waals surface area contributed by atoms with Crippen LogP contribution in [0, 0.1) is 0 Å². The third-order valence-corrected chi connectivity index (χ3v) is 8.88. The molecule has 0 aliphatic heterocycles.